The quantitative estimate of drug-likeness (QED) is 0.865. The van der Waals surface area contributed by atoms with E-state index in [1.165, 1.54) is 5.56 Å². The van der Waals surface area contributed by atoms with Crippen molar-refractivity contribution in [2.45, 2.75) is 37.5 Å². The maximum atomic E-state index is 11.5. The maximum Gasteiger partial charge on any atom is 0.257 e. The van der Waals surface area contributed by atoms with Crippen molar-refractivity contribution in [2.24, 2.45) is 17.6 Å². The van der Waals surface area contributed by atoms with Gasteiger partial charge in [0, 0.05) is 12.2 Å². The average molecular weight is 365 g/mol. The fraction of sp³-hybridized carbons (Fsp3) is 0.429. The Labute approximate surface area is 158 Å². The first-order valence-electron chi connectivity index (χ1n) is 9.56. The van der Waals surface area contributed by atoms with E-state index >= 15 is 0 Å². The molecule has 3 unspecified atom stereocenters. The zero-order valence-corrected chi connectivity index (χ0v) is 15.0. The van der Waals surface area contributed by atoms with Gasteiger partial charge in [0.25, 0.3) is 5.88 Å². The van der Waals surface area contributed by atoms with Crippen LogP contribution in [0.15, 0.2) is 42.6 Å². The lowest BCUT2D eigenvalue weighted by molar-refractivity contribution is -0.121. The lowest BCUT2D eigenvalue weighted by Gasteiger charge is -2.28. The monoisotopic (exact) mass is 365 g/mol. The molecule has 3 aliphatic rings. The molecule has 1 amide bonds. The Morgan fingerprint density at radius 2 is 2.07 bits per heavy atom. The maximum absolute atomic E-state index is 11.5. The summed E-state index contributed by atoms with van der Waals surface area (Å²) in [7, 11) is 0. The van der Waals surface area contributed by atoms with Crippen molar-refractivity contribution in [2.75, 3.05) is 6.61 Å². The van der Waals surface area contributed by atoms with Crippen LogP contribution in [0.2, 0.25) is 0 Å². The molecule has 1 saturated carbocycles. The van der Waals surface area contributed by atoms with Crippen molar-refractivity contribution >= 4 is 5.91 Å². The molecule has 6 heteroatoms. The van der Waals surface area contributed by atoms with Crippen molar-refractivity contribution in [3.63, 3.8) is 0 Å². The second-order valence-corrected chi connectivity index (χ2v) is 7.81. The molecule has 140 valence electrons. The zero-order chi connectivity index (χ0) is 18.4. The predicted molar refractivity (Wildman–Crippen MR) is 99.4 cm³/mol. The van der Waals surface area contributed by atoms with E-state index in [0.29, 0.717) is 36.1 Å². The number of nitrogens with two attached hydrogens (primary N) is 1. The molecule has 1 aromatic carbocycles. The van der Waals surface area contributed by atoms with Crippen molar-refractivity contribution < 1.29 is 14.3 Å². The number of primary amides is 1. The molecule has 2 bridgehead atoms. The number of fused-ring (bicyclic) bond motifs is 3. The molecule has 0 spiro atoms. The van der Waals surface area contributed by atoms with Gasteiger partial charge in [0.15, 0.2) is 11.9 Å². The van der Waals surface area contributed by atoms with E-state index in [0.717, 1.165) is 24.8 Å². The van der Waals surface area contributed by atoms with Gasteiger partial charge in [-0.25, -0.2) is 4.98 Å². The summed E-state index contributed by atoms with van der Waals surface area (Å²) in [6, 6.07) is 12.6. The van der Waals surface area contributed by atoms with E-state index in [-0.39, 0.29) is 18.1 Å². The Kier molecular flexibility index (Phi) is 4.01. The van der Waals surface area contributed by atoms with Crippen LogP contribution in [0.3, 0.4) is 0 Å². The summed E-state index contributed by atoms with van der Waals surface area (Å²) in [4.78, 5) is 15.7. The largest absolute Gasteiger partial charge is 0.484 e. The fourth-order valence-electron chi connectivity index (χ4n) is 4.80. The molecule has 6 nitrogen and oxygen atoms in total. The minimum atomic E-state index is -0.212. The van der Waals surface area contributed by atoms with Crippen molar-refractivity contribution in [1.82, 2.24) is 10.3 Å². The van der Waals surface area contributed by atoms with Crippen LogP contribution in [0.4, 0.5) is 0 Å². The number of nitrogens with one attached hydrogen (secondary N) is 1. The van der Waals surface area contributed by atoms with Crippen LogP contribution in [-0.2, 0) is 11.2 Å². The number of ether oxygens (including phenoxy) is 2. The number of aromatic nitrogens is 1. The highest BCUT2D eigenvalue weighted by Gasteiger charge is 2.47. The molecule has 2 aromatic rings. The third-order valence-corrected chi connectivity index (χ3v) is 6.13. The van der Waals surface area contributed by atoms with Crippen LogP contribution in [-0.4, -0.2) is 29.6 Å². The molecule has 3 N–H and O–H groups in total. The highest BCUT2D eigenvalue weighted by molar-refractivity contribution is 5.80. The van der Waals surface area contributed by atoms with Gasteiger partial charge in [-0.3, -0.25) is 4.79 Å². The second kappa shape index (κ2) is 6.53. The van der Waals surface area contributed by atoms with Crippen molar-refractivity contribution in [3.8, 4) is 11.6 Å². The molecule has 5 atom stereocenters. The third kappa shape index (κ3) is 3.04. The number of piperidine rings is 1. The zero-order valence-electron chi connectivity index (χ0n) is 15.0. The third-order valence-electron chi connectivity index (χ3n) is 6.13. The van der Waals surface area contributed by atoms with E-state index in [2.05, 4.69) is 34.6 Å². The second-order valence-electron chi connectivity index (χ2n) is 7.81. The molecule has 1 aromatic heterocycles. The van der Waals surface area contributed by atoms with Crippen molar-refractivity contribution in [3.05, 3.63) is 53.7 Å². The van der Waals surface area contributed by atoms with Crippen LogP contribution >= 0.6 is 0 Å². The summed E-state index contributed by atoms with van der Waals surface area (Å²) < 4.78 is 11.7. The summed E-state index contributed by atoms with van der Waals surface area (Å²) in [6.45, 7) is 0.489. The smallest absolute Gasteiger partial charge is 0.257 e. The number of pyridine rings is 1. The van der Waals surface area contributed by atoms with Gasteiger partial charge in [-0.05, 0) is 54.4 Å². The van der Waals surface area contributed by atoms with Gasteiger partial charge in [-0.2, -0.15) is 0 Å². The van der Waals surface area contributed by atoms with Crippen LogP contribution in [0, 0.1) is 11.8 Å². The van der Waals surface area contributed by atoms with E-state index in [1.807, 2.05) is 12.1 Å². The van der Waals surface area contributed by atoms with E-state index in [1.54, 1.807) is 6.20 Å². The molecular formula is C21H23N3O3. The van der Waals surface area contributed by atoms with Gasteiger partial charge in [0.1, 0.15) is 6.61 Å². The van der Waals surface area contributed by atoms with Crippen LogP contribution < -0.4 is 20.5 Å². The summed E-state index contributed by atoms with van der Waals surface area (Å²) in [5.41, 5.74) is 7.87. The molecule has 5 rings (SSSR count). The van der Waals surface area contributed by atoms with E-state index in [4.69, 9.17) is 15.2 Å². The van der Waals surface area contributed by atoms with Crippen LogP contribution in [0.25, 0.3) is 0 Å². The Morgan fingerprint density at radius 3 is 2.81 bits per heavy atom. The summed E-state index contributed by atoms with van der Waals surface area (Å²) in [6.07, 6.45) is 4.74. The molecule has 3 heterocycles. The Hall–Kier alpha value is -2.60. The van der Waals surface area contributed by atoms with Gasteiger partial charge < -0.3 is 20.5 Å². The Balaban J connectivity index is 1.23. The van der Waals surface area contributed by atoms with Gasteiger partial charge >= 0.3 is 0 Å². The number of benzene rings is 1. The minimum Gasteiger partial charge on any atom is -0.484 e. The topological polar surface area (TPSA) is 86.5 Å². The van der Waals surface area contributed by atoms with Gasteiger partial charge in [0.2, 0.25) is 5.91 Å². The number of amides is 1. The van der Waals surface area contributed by atoms with Crippen molar-refractivity contribution in [1.29, 1.82) is 0 Å². The molecule has 0 radical (unpaired) electrons. The van der Waals surface area contributed by atoms with Gasteiger partial charge in [-0.15, -0.1) is 0 Å². The highest BCUT2D eigenvalue weighted by atomic mass is 16.6. The van der Waals surface area contributed by atoms with Crippen LogP contribution in [0.5, 0.6) is 11.6 Å². The molecule has 1 saturated heterocycles. The first-order valence-corrected chi connectivity index (χ1v) is 9.56. The summed E-state index contributed by atoms with van der Waals surface area (Å²) >= 11 is 0. The Bertz CT molecular complexity index is 854. The average Bonchev–Trinajstić information content (AvgIpc) is 3.29. The van der Waals surface area contributed by atoms with E-state index in [9.17, 15) is 4.79 Å². The highest BCUT2D eigenvalue weighted by Crippen LogP contribution is 2.41. The Morgan fingerprint density at radius 1 is 1.22 bits per heavy atom. The van der Waals surface area contributed by atoms with Gasteiger partial charge in [0.05, 0.1) is 6.04 Å². The van der Waals surface area contributed by atoms with Gasteiger partial charge in [-0.1, -0.05) is 24.3 Å². The minimum absolute atomic E-state index is 0.131. The first-order chi connectivity index (χ1) is 13.2. The first kappa shape index (κ1) is 16.6. The molecule has 2 fully saturated rings. The number of hydrogen-bond donors (Lipinski definition) is 2. The fourth-order valence-corrected chi connectivity index (χ4v) is 4.80. The van der Waals surface area contributed by atoms with Crippen LogP contribution in [0.1, 0.15) is 30.1 Å². The number of carbonyl (C=O) groups is 1. The molecular weight excluding hydrogens is 342 g/mol. The predicted octanol–water partition coefficient (Wildman–Crippen LogP) is 1.99. The SMILES string of the molecule is NC(=O)C1N[C@H]2C[C@@H]1CC2Cc1ccc(C2COc3cccnc3O2)cc1. The number of hydrogen-bond acceptors (Lipinski definition) is 5. The summed E-state index contributed by atoms with van der Waals surface area (Å²) in [5, 5.41) is 3.41. The standard InChI is InChI=1S/C21H23N3O3/c22-20(25)19-15-9-14(16(10-15)24-19)8-12-3-5-13(6-4-12)18-11-26-17-2-1-7-23-21(17)27-18/h1-7,14-16,18-19,24H,8-11H2,(H2,22,25)/t14?,15-,16-,18?,19?/m0/s1. The van der Waals surface area contributed by atoms with E-state index < -0.39 is 0 Å². The normalized spacial score (nSPS) is 31.0. The number of nitrogens with zero attached hydrogens (tertiary/aromatic N) is 1. The molecule has 1 aliphatic carbocycles. The lowest BCUT2D eigenvalue weighted by Crippen LogP contribution is -2.48. The number of carbonyl (C=O) groups excluding carboxylic acids is 1. The lowest BCUT2D eigenvalue weighted by atomic mass is 9.89. The molecule has 2 aliphatic heterocycles. The number of rotatable bonds is 4. The summed E-state index contributed by atoms with van der Waals surface area (Å²) in [5.74, 6) is 2.01. The molecule has 27 heavy (non-hydrogen) atoms.